The Labute approximate surface area is 132 Å². The maximum atomic E-state index is 12.5. The third kappa shape index (κ3) is 2.83. The van der Waals surface area contributed by atoms with Crippen molar-refractivity contribution in [3.05, 3.63) is 59.2 Å². The number of hydrogen-bond acceptors (Lipinski definition) is 6. The Hall–Kier alpha value is -3.02. The van der Waals surface area contributed by atoms with Gasteiger partial charge in [-0.2, -0.15) is 0 Å². The molecule has 1 aliphatic rings. The van der Waals surface area contributed by atoms with Crippen molar-refractivity contribution in [2.45, 2.75) is 6.42 Å². The monoisotopic (exact) mass is 310 g/mol. The number of nitrogens with zero attached hydrogens (tertiary/aromatic N) is 2. The molecule has 0 saturated carbocycles. The molecule has 6 nitrogen and oxygen atoms in total. The Balaban J connectivity index is 1.95. The van der Waals surface area contributed by atoms with Gasteiger partial charge in [0.25, 0.3) is 0 Å². The van der Waals surface area contributed by atoms with Gasteiger partial charge in [-0.3, -0.25) is 9.59 Å². The molecule has 0 atom stereocenters. The number of benzene rings is 1. The number of carbonyl (C=O) groups excluding carboxylic acids is 2. The first-order chi connectivity index (χ1) is 11.1. The highest BCUT2D eigenvalue weighted by atomic mass is 16.5. The Morgan fingerprint density at radius 2 is 1.74 bits per heavy atom. The largest absolute Gasteiger partial charge is 0.497 e. The number of fused-ring (bicyclic) bond motifs is 1. The number of rotatable bonds is 4. The summed E-state index contributed by atoms with van der Waals surface area (Å²) < 4.78 is 10.4. The minimum Gasteiger partial charge on any atom is -0.497 e. The van der Waals surface area contributed by atoms with Crippen molar-refractivity contribution in [2.24, 2.45) is 0 Å². The molecule has 0 spiro atoms. The zero-order valence-electron chi connectivity index (χ0n) is 12.7. The fourth-order valence-electron chi connectivity index (χ4n) is 2.48. The maximum Gasteiger partial charge on any atom is 0.205 e. The second-order valence-electron chi connectivity index (χ2n) is 5.05. The van der Waals surface area contributed by atoms with Crippen LogP contribution in [0.3, 0.4) is 0 Å². The molecule has 6 heteroatoms. The number of aromatic nitrogens is 2. The fourth-order valence-corrected chi connectivity index (χ4v) is 2.48. The standard InChI is InChI=1S/C17H14N2O4/c1-22-12-4-10(5-13(7-12)23-2)3-11-6-15(20)16-14(17(11)21)8-18-9-19-16/h4-9H,3H2,1-2H3. The van der Waals surface area contributed by atoms with Gasteiger partial charge < -0.3 is 9.47 Å². The van der Waals surface area contributed by atoms with Crippen molar-refractivity contribution in [1.82, 2.24) is 9.97 Å². The third-order valence-electron chi connectivity index (χ3n) is 3.59. The van der Waals surface area contributed by atoms with Gasteiger partial charge >= 0.3 is 0 Å². The summed E-state index contributed by atoms with van der Waals surface area (Å²) in [5, 5.41) is 0. The molecule has 2 aromatic rings. The quantitative estimate of drug-likeness (QED) is 0.860. The molecule has 3 rings (SSSR count). The van der Waals surface area contributed by atoms with Crippen LogP contribution in [0.25, 0.3) is 0 Å². The Morgan fingerprint density at radius 3 is 2.39 bits per heavy atom. The van der Waals surface area contributed by atoms with E-state index in [0.29, 0.717) is 23.5 Å². The van der Waals surface area contributed by atoms with E-state index in [-0.39, 0.29) is 22.8 Å². The molecule has 0 unspecified atom stereocenters. The summed E-state index contributed by atoms with van der Waals surface area (Å²) in [6, 6.07) is 5.35. The van der Waals surface area contributed by atoms with E-state index < -0.39 is 0 Å². The fraction of sp³-hybridized carbons (Fsp3) is 0.176. The summed E-state index contributed by atoms with van der Waals surface area (Å²) in [4.78, 5) is 32.3. The van der Waals surface area contributed by atoms with E-state index in [1.807, 2.05) is 0 Å². The first kappa shape index (κ1) is 14.9. The number of carbonyl (C=O) groups is 2. The van der Waals surface area contributed by atoms with Crippen molar-refractivity contribution < 1.29 is 19.1 Å². The van der Waals surface area contributed by atoms with Crippen LogP contribution in [0.5, 0.6) is 11.5 Å². The first-order valence-electron chi connectivity index (χ1n) is 6.94. The highest BCUT2D eigenvalue weighted by Gasteiger charge is 2.27. The lowest BCUT2D eigenvalue weighted by molar-refractivity contribution is 0.0978. The highest BCUT2D eigenvalue weighted by Crippen LogP contribution is 2.27. The number of allylic oxidation sites excluding steroid dienone is 2. The van der Waals surface area contributed by atoms with Gasteiger partial charge in [-0.15, -0.1) is 0 Å². The van der Waals surface area contributed by atoms with E-state index in [0.717, 1.165) is 5.56 Å². The van der Waals surface area contributed by atoms with Crippen LogP contribution in [0.15, 0.2) is 42.4 Å². The molecule has 1 aromatic heterocycles. The molecule has 1 aliphatic carbocycles. The predicted octanol–water partition coefficient (Wildman–Crippen LogP) is 2.04. The van der Waals surface area contributed by atoms with Gasteiger partial charge in [-0.05, 0) is 23.8 Å². The van der Waals surface area contributed by atoms with Crippen LogP contribution < -0.4 is 9.47 Å². The van der Waals surface area contributed by atoms with Gasteiger partial charge in [0.2, 0.25) is 5.78 Å². The molecule has 0 fully saturated rings. The number of ether oxygens (including phenoxy) is 2. The molecule has 0 saturated heterocycles. The van der Waals surface area contributed by atoms with Crippen LogP contribution in [0.2, 0.25) is 0 Å². The second kappa shape index (κ2) is 6.00. The summed E-state index contributed by atoms with van der Waals surface area (Å²) in [5.41, 5.74) is 1.60. The molecule has 1 aromatic carbocycles. The number of ketones is 2. The number of methoxy groups -OCH3 is 2. The summed E-state index contributed by atoms with van der Waals surface area (Å²) in [6.07, 6.45) is 4.27. The first-order valence-corrected chi connectivity index (χ1v) is 6.94. The van der Waals surface area contributed by atoms with Crippen LogP contribution >= 0.6 is 0 Å². The molecule has 1 heterocycles. The highest BCUT2D eigenvalue weighted by molar-refractivity contribution is 6.23. The van der Waals surface area contributed by atoms with Crippen LogP contribution in [0, 0.1) is 0 Å². The number of Topliss-reactive ketones (excluding diaryl/α,β-unsaturated/α-hetero) is 1. The topological polar surface area (TPSA) is 78.4 Å². The van der Waals surface area contributed by atoms with Crippen LogP contribution in [0.4, 0.5) is 0 Å². The van der Waals surface area contributed by atoms with Gasteiger partial charge in [0, 0.05) is 24.3 Å². The summed E-state index contributed by atoms with van der Waals surface area (Å²) in [7, 11) is 3.11. The molecule has 23 heavy (non-hydrogen) atoms. The Bertz CT molecular complexity index is 805. The van der Waals surface area contributed by atoms with E-state index in [4.69, 9.17) is 9.47 Å². The summed E-state index contributed by atoms with van der Waals surface area (Å²) in [5.74, 6) is 0.727. The zero-order valence-corrected chi connectivity index (χ0v) is 12.7. The Morgan fingerprint density at radius 1 is 1.04 bits per heavy atom. The van der Waals surface area contributed by atoms with E-state index in [1.54, 1.807) is 32.4 Å². The summed E-state index contributed by atoms with van der Waals surface area (Å²) >= 11 is 0. The lowest BCUT2D eigenvalue weighted by Gasteiger charge is -2.14. The molecule has 0 amide bonds. The average molecular weight is 310 g/mol. The smallest absolute Gasteiger partial charge is 0.205 e. The lowest BCUT2D eigenvalue weighted by Crippen LogP contribution is -2.20. The SMILES string of the molecule is COc1cc(CC2=CC(=O)c3ncncc3C2=O)cc(OC)c1. The van der Waals surface area contributed by atoms with Gasteiger partial charge in [0.05, 0.1) is 19.8 Å². The maximum absolute atomic E-state index is 12.5. The third-order valence-corrected chi connectivity index (χ3v) is 3.59. The van der Waals surface area contributed by atoms with Crippen LogP contribution in [0.1, 0.15) is 26.4 Å². The number of hydrogen-bond donors (Lipinski definition) is 0. The van der Waals surface area contributed by atoms with E-state index in [1.165, 1.54) is 18.6 Å². The van der Waals surface area contributed by atoms with Crippen molar-refractivity contribution in [2.75, 3.05) is 14.2 Å². The van der Waals surface area contributed by atoms with E-state index in [2.05, 4.69) is 9.97 Å². The second-order valence-corrected chi connectivity index (χ2v) is 5.05. The molecule has 0 aliphatic heterocycles. The molecular weight excluding hydrogens is 296 g/mol. The van der Waals surface area contributed by atoms with Gasteiger partial charge in [-0.1, -0.05) is 0 Å². The van der Waals surface area contributed by atoms with Crippen molar-refractivity contribution in [3.63, 3.8) is 0 Å². The predicted molar refractivity (Wildman–Crippen MR) is 82.0 cm³/mol. The Kier molecular flexibility index (Phi) is 3.89. The molecule has 0 N–H and O–H groups in total. The normalized spacial score (nSPS) is 13.4. The van der Waals surface area contributed by atoms with E-state index in [9.17, 15) is 9.59 Å². The van der Waals surface area contributed by atoms with Gasteiger partial charge in [-0.25, -0.2) is 9.97 Å². The molecular formula is C17H14N2O4. The molecule has 0 bridgehead atoms. The van der Waals surface area contributed by atoms with Crippen LogP contribution in [-0.4, -0.2) is 35.8 Å². The van der Waals surface area contributed by atoms with Gasteiger partial charge in [0.1, 0.15) is 23.5 Å². The van der Waals surface area contributed by atoms with Crippen molar-refractivity contribution in [1.29, 1.82) is 0 Å². The van der Waals surface area contributed by atoms with Gasteiger partial charge in [0.15, 0.2) is 5.78 Å². The van der Waals surface area contributed by atoms with Crippen molar-refractivity contribution >= 4 is 11.6 Å². The average Bonchev–Trinajstić information content (AvgIpc) is 2.59. The van der Waals surface area contributed by atoms with Crippen LogP contribution in [-0.2, 0) is 6.42 Å². The zero-order chi connectivity index (χ0) is 16.4. The molecule has 0 radical (unpaired) electrons. The minimum atomic E-state index is -0.285. The van der Waals surface area contributed by atoms with Crippen molar-refractivity contribution in [3.8, 4) is 11.5 Å². The summed E-state index contributed by atoms with van der Waals surface area (Å²) in [6.45, 7) is 0. The van der Waals surface area contributed by atoms with E-state index >= 15 is 0 Å². The minimum absolute atomic E-state index is 0.150. The molecule has 116 valence electrons. The lowest BCUT2D eigenvalue weighted by atomic mass is 9.90.